The van der Waals surface area contributed by atoms with E-state index < -0.39 is 37.7 Å². The molecule has 2 unspecified atom stereocenters. The van der Waals surface area contributed by atoms with Gasteiger partial charge in [-0.15, -0.1) is 0 Å². The Bertz CT molecular complexity index is 1060. The fourth-order valence-electron chi connectivity index (χ4n) is 3.45. The number of hydrazone groups is 1. The van der Waals surface area contributed by atoms with Crippen LogP contribution in [0.3, 0.4) is 0 Å². The molecule has 0 saturated carbocycles. The fourth-order valence-corrected chi connectivity index (χ4v) is 3.45. The van der Waals surface area contributed by atoms with E-state index in [1.54, 1.807) is 44.6 Å². The van der Waals surface area contributed by atoms with Crippen LogP contribution < -0.4 is 5.32 Å². The Morgan fingerprint density at radius 3 is 2.76 bits per heavy atom. The first-order valence-electron chi connectivity index (χ1n) is 10.4. The number of halogens is 5. The summed E-state index contributed by atoms with van der Waals surface area (Å²) < 4.78 is 67.0. The molecule has 0 spiro atoms. The highest BCUT2D eigenvalue weighted by atomic mass is 19.3. The largest absolute Gasteiger partial charge is 0.364 e. The Morgan fingerprint density at radius 2 is 2.06 bits per heavy atom. The van der Waals surface area contributed by atoms with Crippen LogP contribution in [0.4, 0.5) is 27.8 Å². The van der Waals surface area contributed by atoms with E-state index in [4.69, 9.17) is 0 Å². The second-order valence-corrected chi connectivity index (χ2v) is 7.57. The Morgan fingerprint density at radius 1 is 1.27 bits per heavy atom. The summed E-state index contributed by atoms with van der Waals surface area (Å²) in [6.07, 6.45) is 4.51. The number of rotatable bonds is 10. The van der Waals surface area contributed by atoms with Gasteiger partial charge in [0.15, 0.2) is 5.65 Å². The number of alkyl halides is 4. The van der Waals surface area contributed by atoms with Crippen molar-refractivity contribution in [3.05, 3.63) is 59.7 Å². The standard InChI is InChI=1S/C22H25F5N6/c1-3-4-5-17(23)8-15(9-19(24)25)14(2)30-21-6-7-33-22(31-21)18(11-29-33)16-10-28-32(12-16)13-20(26)27/h3-8,10-11,14,16,19-20H,9,12-13H2,1-2H3,(H,30,31)/b4-3+,15-8+,17-5+. The monoisotopic (exact) mass is 468 g/mol. The van der Waals surface area contributed by atoms with Crippen molar-refractivity contribution in [3.8, 4) is 0 Å². The molecule has 2 aromatic heterocycles. The minimum Gasteiger partial charge on any atom is -0.364 e. The predicted molar refractivity (Wildman–Crippen MR) is 118 cm³/mol. The molecule has 0 bridgehead atoms. The van der Waals surface area contributed by atoms with Gasteiger partial charge in [0.25, 0.3) is 6.43 Å². The van der Waals surface area contributed by atoms with E-state index in [1.807, 2.05) is 0 Å². The summed E-state index contributed by atoms with van der Waals surface area (Å²) in [6.45, 7) is 3.19. The molecule has 1 aliphatic heterocycles. The van der Waals surface area contributed by atoms with Crippen LogP contribution in [0.25, 0.3) is 5.65 Å². The van der Waals surface area contributed by atoms with E-state index in [-0.39, 0.29) is 18.0 Å². The lowest BCUT2D eigenvalue weighted by molar-refractivity contribution is 0.0942. The predicted octanol–water partition coefficient (Wildman–Crippen LogP) is 5.19. The van der Waals surface area contributed by atoms with Crippen molar-refractivity contribution in [3.63, 3.8) is 0 Å². The summed E-state index contributed by atoms with van der Waals surface area (Å²) in [5.41, 5.74) is 1.38. The van der Waals surface area contributed by atoms with Crippen molar-refractivity contribution in [2.45, 2.75) is 45.1 Å². The lowest BCUT2D eigenvalue weighted by Crippen LogP contribution is -2.23. The highest BCUT2D eigenvalue weighted by Gasteiger charge is 2.25. The van der Waals surface area contributed by atoms with Crippen LogP contribution in [0.15, 0.2) is 59.3 Å². The zero-order chi connectivity index (χ0) is 24.0. The second-order valence-electron chi connectivity index (χ2n) is 7.57. The van der Waals surface area contributed by atoms with Crippen LogP contribution in [0.2, 0.25) is 0 Å². The Labute approximate surface area is 188 Å². The van der Waals surface area contributed by atoms with E-state index in [0.29, 0.717) is 17.0 Å². The highest BCUT2D eigenvalue weighted by Crippen LogP contribution is 2.26. The van der Waals surface area contributed by atoms with E-state index in [1.165, 1.54) is 21.7 Å². The van der Waals surface area contributed by atoms with Gasteiger partial charge in [-0.05, 0) is 37.6 Å². The molecule has 3 rings (SSSR count). The van der Waals surface area contributed by atoms with Crippen LogP contribution >= 0.6 is 0 Å². The molecule has 0 fully saturated rings. The van der Waals surface area contributed by atoms with Gasteiger partial charge in [0.05, 0.1) is 12.7 Å². The maximum absolute atomic E-state index is 14.1. The number of aromatic nitrogens is 3. The Balaban J connectivity index is 1.80. The number of nitrogens with zero attached hydrogens (tertiary/aromatic N) is 5. The molecule has 3 heterocycles. The van der Waals surface area contributed by atoms with Gasteiger partial charge in [-0.2, -0.15) is 10.2 Å². The number of hydrogen-bond donors (Lipinski definition) is 1. The minimum absolute atomic E-state index is 0.184. The first kappa shape index (κ1) is 24.4. The maximum atomic E-state index is 14.1. The van der Waals surface area contributed by atoms with Crippen molar-refractivity contribution in [1.82, 2.24) is 19.6 Å². The van der Waals surface area contributed by atoms with Gasteiger partial charge >= 0.3 is 0 Å². The zero-order valence-corrected chi connectivity index (χ0v) is 18.2. The summed E-state index contributed by atoms with van der Waals surface area (Å²) in [6, 6.07) is 0.998. The quantitative estimate of drug-likeness (QED) is 0.385. The summed E-state index contributed by atoms with van der Waals surface area (Å²) >= 11 is 0. The van der Waals surface area contributed by atoms with Crippen LogP contribution in [-0.4, -0.2) is 57.8 Å². The Hall–Kier alpha value is -3.24. The van der Waals surface area contributed by atoms with Gasteiger partial charge < -0.3 is 5.32 Å². The third kappa shape index (κ3) is 6.62. The molecule has 0 aliphatic carbocycles. The second kappa shape index (κ2) is 11.1. The number of nitrogens with one attached hydrogen (secondary N) is 1. The van der Waals surface area contributed by atoms with Gasteiger partial charge in [0.1, 0.15) is 11.6 Å². The van der Waals surface area contributed by atoms with Gasteiger partial charge in [0.2, 0.25) is 6.43 Å². The molecule has 33 heavy (non-hydrogen) atoms. The molecule has 11 heteroatoms. The smallest absolute Gasteiger partial charge is 0.257 e. The van der Waals surface area contributed by atoms with Gasteiger partial charge in [-0.25, -0.2) is 31.5 Å². The van der Waals surface area contributed by atoms with Crippen molar-refractivity contribution in [2.75, 3.05) is 18.4 Å². The molecule has 1 N–H and O–H groups in total. The first-order chi connectivity index (χ1) is 15.8. The average Bonchev–Trinajstić information content (AvgIpc) is 3.37. The lowest BCUT2D eigenvalue weighted by atomic mass is 10.0. The van der Waals surface area contributed by atoms with Crippen LogP contribution in [-0.2, 0) is 0 Å². The molecule has 0 aromatic carbocycles. The lowest BCUT2D eigenvalue weighted by Gasteiger charge is -2.19. The third-order valence-electron chi connectivity index (χ3n) is 5.04. The van der Waals surface area contributed by atoms with Crippen LogP contribution in [0.1, 0.15) is 31.7 Å². The summed E-state index contributed by atoms with van der Waals surface area (Å²) in [4.78, 5) is 4.52. The molecule has 1 aliphatic rings. The number of fused-ring (bicyclic) bond motifs is 1. The van der Waals surface area contributed by atoms with Gasteiger partial charge in [0, 0.05) is 42.9 Å². The third-order valence-corrected chi connectivity index (χ3v) is 5.04. The molecule has 0 amide bonds. The van der Waals surface area contributed by atoms with Gasteiger partial charge in [-0.3, -0.25) is 5.01 Å². The number of anilines is 1. The number of allylic oxidation sites excluding steroid dienone is 5. The molecule has 2 aromatic rings. The van der Waals surface area contributed by atoms with Crippen LogP contribution in [0, 0.1) is 0 Å². The van der Waals surface area contributed by atoms with Crippen molar-refractivity contribution < 1.29 is 22.0 Å². The summed E-state index contributed by atoms with van der Waals surface area (Å²) in [5.74, 6) is -0.511. The van der Waals surface area contributed by atoms with Gasteiger partial charge in [-0.1, -0.05) is 12.2 Å². The van der Waals surface area contributed by atoms with E-state index in [0.717, 1.165) is 6.08 Å². The number of hydrogen-bond acceptors (Lipinski definition) is 5. The van der Waals surface area contributed by atoms with E-state index >= 15 is 0 Å². The fraction of sp³-hybridized carbons (Fsp3) is 0.409. The molecule has 6 nitrogen and oxygen atoms in total. The van der Waals surface area contributed by atoms with Crippen LogP contribution in [0.5, 0.6) is 0 Å². The molecular weight excluding hydrogens is 443 g/mol. The van der Waals surface area contributed by atoms with Crippen molar-refractivity contribution in [1.29, 1.82) is 0 Å². The normalized spacial score (nSPS) is 18.5. The molecule has 178 valence electrons. The first-order valence-corrected chi connectivity index (χ1v) is 10.4. The summed E-state index contributed by atoms with van der Waals surface area (Å²) in [7, 11) is 0. The van der Waals surface area contributed by atoms with Crippen molar-refractivity contribution >= 4 is 17.7 Å². The minimum atomic E-state index is -2.63. The summed E-state index contributed by atoms with van der Waals surface area (Å²) in [5, 5.41) is 12.6. The molecule has 0 saturated heterocycles. The topological polar surface area (TPSA) is 57.8 Å². The molecular formula is C22H25F5N6. The maximum Gasteiger partial charge on any atom is 0.257 e. The van der Waals surface area contributed by atoms with E-state index in [9.17, 15) is 22.0 Å². The highest BCUT2D eigenvalue weighted by molar-refractivity contribution is 5.74. The molecule has 2 atom stereocenters. The average molecular weight is 468 g/mol. The Kier molecular flexibility index (Phi) is 8.18. The van der Waals surface area contributed by atoms with E-state index in [2.05, 4.69) is 20.5 Å². The SMILES string of the molecule is C/C=C/C=C(F)\C=C(/CC(F)F)C(C)Nc1ccn2ncc(C3C=NN(CC(F)F)C3)c2n1. The zero-order valence-electron chi connectivity index (χ0n) is 18.2. The molecule has 0 radical (unpaired) electrons. The van der Waals surface area contributed by atoms with Crippen molar-refractivity contribution in [2.24, 2.45) is 5.10 Å².